The number of imide groups is 1. The Labute approximate surface area is 323 Å². The van der Waals surface area contributed by atoms with E-state index in [1.807, 2.05) is 6.92 Å². The van der Waals surface area contributed by atoms with Crippen LogP contribution in [0.25, 0.3) is 0 Å². The van der Waals surface area contributed by atoms with Gasteiger partial charge in [-0.3, -0.25) is 34.7 Å². The lowest BCUT2D eigenvalue weighted by Crippen LogP contribution is -2.63. The fourth-order valence-corrected chi connectivity index (χ4v) is 9.38. The van der Waals surface area contributed by atoms with E-state index in [-0.39, 0.29) is 60.2 Å². The van der Waals surface area contributed by atoms with Crippen LogP contribution >= 0.6 is 23.5 Å². The van der Waals surface area contributed by atoms with Gasteiger partial charge in [0.1, 0.15) is 18.9 Å². The van der Waals surface area contributed by atoms with Crippen LogP contribution in [0.2, 0.25) is 0 Å². The normalized spacial score (nSPS) is 22.1. The molecule has 0 aliphatic carbocycles. The zero-order valence-electron chi connectivity index (χ0n) is 30.0. The van der Waals surface area contributed by atoms with Crippen LogP contribution in [0.4, 0.5) is 21.0 Å². The van der Waals surface area contributed by atoms with Crippen molar-refractivity contribution in [2.75, 3.05) is 25.1 Å². The molecule has 294 valence electrons. The van der Waals surface area contributed by atoms with Crippen molar-refractivity contribution in [3.8, 4) is 0 Å². The average molecular weight is 802 g/mol. The quantitative estimate of drug-likeness (QED) is 0.110. The molecule has 4 amide bonds. The number of carbonyl (C=O) groups is 5. The summed E-state index contributed by atoms with van der Waals surface area (Å²) < 4.78 is 10.8. The van der Waals surface area contributed by atoms with E-state index in [2.05, 4.69) is 0 Å². The Morgan fingerprint density at radius 2 is 1.55 bits per heavy atom. The second kappa shape index (κ2) is 17.5. The molecule has 20 heteroatoms. The highest BCUT2D eigenvalue weighted by atomic mass is 32.2. The van der Waals surface area contributed by atoms with E-state index in [9.17, 15) is 54.4 Å². The van der Waals surface area contributed by atoms with Crippen molar-refractivity contribution >= 4 is 64.9 Å². The number of carboxylic acid groups (broad SMARTS) is 1. The summed E-state index contributed by atoms with van der Waals surface area (Å²) in [5.41, 5.74) is 0.679. The number of thioether (sulfide) groups is 2. The third kappa shape index (κ3) is 9.19. The van der Waals surface area contributed by atoms with E-state index in [1.165, 1.54) is 95.8 Å². The van der Waals surface area contributed by atoms with Gasteiger partial charge in [-0.05, 0) is 48.7 Å². The molecule has 18 nitrogen and oxygen atoms in total. The standard InChI is InChI=1S/C35H39N5O13S2/c1-19-29-28(20(2)41)32(43)38(29)30(33(44)45)31(19)55-26-14-25(37(15-26)35(47)53-17-22-6-10-24(11-7-22)40(50)51)18-54-13-12-27(42)36(3)34(46)52-16-21-4-8-23(9-5-21)39(48)49/h4-11,19-20,25-26,28-29,41H,12-18H2,1-3H3,(H,44,45)/t19-,20-,25+,26+,28-,29-/m1/s1. The molecular formula is C35H39N5O13S2. The average Bonchev–Trinajstić information content (AvgIpc) is 3.66. The maximum Gasteiger partial charge on any atom is 0.416 e. The topological polar surface area (TPSA) is 240 Å². The van der Waals surface area contributed by atoms with Crippen LogP contribution in [-0.4, -0.2) is 113 Å². The molecule has 0 spiro atoms. The Morgan fingerprint density at radius 3 is 2.07 bits per heavy atom. The molecule has 0 radical (unpaired) electrons. The summed E-state index contributed by atoms with van der Waals surface area (Å²) in [7, 11) is 1.27. The number of nitrogens with zero attached hydrogens (tertiary/aromatic N) is 5. The minimum Gasteiger partial charge on any atom is -0.477 e. The number of non-ortho nitro benzene ring substituents is 2. The number of ether oxygens (including phenoxy) is 2. The highest BCUT2D eigenvalue weighted by Gasteiger charge is 2.60. The summed E-state index contributed by atoms with van der Waals surface area (Å²) >= 11 is 2.64. The first-order chi connectivity index (χ1) is 26.1. The zero-order valence-corrected chi connectivity index (χ0v) is 31.6. The van der Waals surface area contributed by atoms with Crippen LogP contribution in [0.3, 0.4) is 0 Å². The maximum absolute atomic E-state index is 13.5. The van der Waals surface area contributed by atoms with Gasteiger partial charge in [0.05, 0.1) is 27.9 Å². The lowest BCUT2D eigenvalue weighted by molar-refractivity contribution is -0.385. The Kier molecular flexibility index (Phi) is 13.0. The monoisotopic (exact) mass is 801 g/mol. The largest absolute Gasteiger partial charge is 0.477 e. The number of benzene rings is 2. The van der Waals surface area contributed by atoms with E-state index in [4.69, 9.17) is 9.47 Å². The second-order valence-corrected chi connectivity index (χ2v) is 15.8. The summed E-state index contributed by atoms with van der Waals surface area (Å²) in [4.78, 5) is 88.8. The van der Waals surface area contributed by atoms with E-state index < -0.39 is 63.9 Å². The first kappa shape index (κ1) is 41.0. The molecule has 0 unspecified atom stereocenters. The molecule has 3 aliphatic rings. The van der Waals surface area contributed by atoms with E-state index in [0.717, 1.165) is 4.90 Å². The SMILES string of the molecule is C[C@@H](O)[C@H]1C(=O)N2C(C(=O)O)=C(S[C@H]3C[C@@H](CSCCC(=O)N(C)C(=O)OCc4ccc([N+](=O)[O-])cc4)N(C(=O)OCc4ccc([N+](=O)[O-])cc4)C3)[C@H](C)[C@H]12. The molecule has 0 bridgehead atoms. The number of rotatable bonds is 15. The summed E-state index contributed by atoms with van der Waals surface area (Å²) in [6, 6.07) is 10.1. The highest BCUT2D eigenvalue weighted by molar-refractivity contribution is 8.03. The van der Waals surface area contributed by atoms with Gasteiger partial charge in [-0.1, -0.05) is 6.92 Å². The van der Waals surface area contributed by atoms with Gasteiger partial charge in [-0.25, -0.2) is 14.4 Å². The van der Waals surface area contributed by atoms with Crippen molar-refractivity contribution in [3.05, 3.63) is 90.5 Å². The van der Waals surface area contributed by atoms with Crippen LogP contribution < -0.4 is 0 Å². The predicted molar refractivity (Wildman–Crippen MR) is 197 cm³/mol. The maximum atomic E-state index is 13.5. The molecule has 3 aliphatic heterocycles. The Hall–Kier alpha value is -5.21. The van der Waals surface area contributed by atoms with Crippen LogP contribution in [0, 0.1) is 32.1 Å². The van der Waals surface area contributed by atoms with Gasteiger partial charge >= 0.3 is 18.2 Å². The van der Waals surface area contributed by atoms with Crippen LogP contribution in [0.1, 0.15) is 37.8 Å². The Bertz CT molecular complexity index is 1870. The number of hydrogen-bond donors (Lipinski definition) is 2. The first-order valence-electron chi connectivity index (χ1n) is 17.1. The third-order valence-electron chi connectivity index (χ3n) is 9.65. The number of aliphatic hydroxyl groups excluding tert-OH is 1. The smallest absolute Gasteiger partial charge is 0.416 e. The zero-order chi connectivity index (χ0) is 40.1. The number of amides is 4. The van der Waals surface area contributed by atoms with Gasteiger partial charge in [-0.15, -0.1) is 11.8 Å². The lowest BCUT2D eigenvalue weighted by atomic mass is 9.79. The second-order valence-electron chi connectivity index (χ2n) is 13.3. The van der Waals surface area contributed by atoms with Crippen molar-refractivity contribution in [1.29, 1.82) is 0 Å². The number of nitro groups is 2. The number of aliphatic carboxylic acids is 1. The molecule has 2 N–H and O–H groups in total. The van der Waals surface area contributed by atoms with Crippen molar-refractivity contribution in [2.24, 2.45) is 11.8 Å². The summed E-state index contributed by atoms with van der Waals surface area (Å²) in [5.74, 6) is -2.67. The number of fused-ring (bicyclic) bond motifs is 1. The van der Waals surface area contributed by atoms with Gasteiger partial charge in [0.25, 0.3) is 11.4 Å². The first-order valence-corrected chi connectivity index (χ1v) is 19.2. The number of carbonyl (C=O) groups excluding carboxylic acids is 4. The van der Waals surface area contributed by atoms with Crippen molar-refractivity contribution in [2.45, 2.75) is 63.3 Å². The molecule has 3 heterocycles. The van der Waals surface area contributed by atoms with Crippen molar-refractivity contribution < 1.29 is 53.5 Å². The van der Waals surface area contributed by atoms with Crippen molar-refractivity contribution in [1.82, 2.24) is 14.7 Å². The van der Waals surface area contributed by atoms with Gasteiger partial charge < -0.3 is 29.5 Å². The van der Waals surface area contributed by atoms with Gasteiger partial charge in [0.2, 0.25) is 11.8 Å². The molecule has 0 aromatic heterocycles. The fourth-order valence-electron chi connectivity index (χ4n) is 6.74. The number of nitro benzene ring substituents is 2. The minimum atomic E-state index is -1.26. The number of likely N-dealkylation sites (tertiary alicyclic amines) is 1. The summed E-state index contributed by atoms with van der Waals surface area (Å²) in [5, 5.41) is 41.9. The molecule has 2 aromatic carbocycles. The molecule has 55 heavy (non-hydrogen) atoms. The molecular weight excluding hydrogens is 763 g/mol. The predicted octanol–water partition coefficient (Wildman–Crippen LogP) is 4.39. The Balaban J connectivity index is 1.20. The van der Waals surface area contributed by atoms with E-state index in [0.29, 0.717) is 28.2 Å². The number of carboxylic acids is 1. The van der Waals surface area contributed by atoms with Crippen LogP contribution in [0.5, 0.6) is 0 Å². The molecule has 2 aromatic rings. The van der Waals surface area contributed by atoms with Crippen molar-refractivity contribution in [3.63, 3.8) is 0 Å². The number of aliphatic hydroxyl groups is 1. The van der Waals surface area contributed by atoms with Crippen LogP contribution in [0.15, 0.2) is 59.1 Å². The van der Waals surface area contributed by atoms with Gasteiger partial charge in [0, 0.05) is 77.9 Å². The number of hydrogen-bond acceptors (Lipinski definition) is 14. The molecule has 5 rings (SSSR count). The van der Waals surface area contributed by atoms with Gasteiger partial charge in [-0.2, -0.15) is 11.8 Å². The van der Waals surface area contributed by atoms with Crippen LogP contribution in [-0.2, 0) is 37.1 Å². The highest BCUT2D eigenvalue weighted by Crippen LogP contribution is 2.52. The van der Waals surface area contributed by atoms with E-state index in [1.54, 1.807) is 0 Å². The summed E-state index contributed by atoms with van der Waals surface area (Å²) in [6.45, 7) is 3.14. The van der Waals surface area contributed by atoms with E-state index >= 15 is 0 Å². The lowest BCUT2D eigenvalue weighted by Gasteiger charge is -2.46. The van der Waals surface area contributed by atoms with Gasteiger partial charge in [0.15, 0.2) is 0 Å². The summed E-state index contributed by atoms with van der Waals surface area (Å²) in [6.07, 6.45) is -2.11. The number of β-lactam (4-membered cyclic amide) rings is 1. The molecule has 0 saturated carbocycles. The molecule has 2 saturated heterocycles. The fraction of sp³-hybridized carbons (Fsp3) is 0.457. The minimum absolute atomic E-state index is 0.0364. The molecule has 2 fully saturated rings. The third-order valence-corrected chi connectivity index (χ3v) is 12.3. The Morgan fingerprint density at radius 1 is 0.982 bits per heavy atom. The molecule has 6 atom stereocenters.